The second-order valence-corrected chi connectivity index (χ2v) is 6.09. The molecule has 3 aromatic rings. The number of furan rings is 1. The Bertz CT molecular complexity index is 1050. The first-order valence-electron chi connectivity index (χ1n) is 8.64. The number of benzene rings is 2. The minimum atomic E-state index is -0.996. The summed E-state index contributed by atoms with van der Waals surface area (Å²) >= 11 is 0. The molecule has 0 aliphatic heterocycles. The van der Waals surface area contributed by atoms with Gasteiger partial charge in [-0.15, -0.1) is 0 Å². The highest BCUT2D eigenvalue weighted by Crippen LogP contribution is 2.24. The van der Waals surface area contributed by atoms with E-state index in [1.807, 2.05) is 0 Å². The van der Waals surface area contributed by atoms with Crippen molar-refractivity contribution in [3.63, 3.8) is 0 Å². The second kappa shape index (κ2) is 8.75. The first kappa shape index (κ1) is 19.7. The Morgan fingerprint density at radius 1 is 1.10 bits per heavy atom. The Morgan fingerprint density at radius 3 is 2.55 bits per heavy atom. The monoisotopic (exact) mass is 393 g/mol. The molecule has 0 atom stereocenters. The van der Waals surface area contributed by atoms with Gasteiger partial charge in [-0.25, -0.2) is 15.0 Å². The molecular formula is C21H19N3O5. The molecule has 0 unspecified atom stereocenters. The number of rotatable bonds is 6. The number of carbonyl (C=O) groups is 2. The largest absolute Gasteiger partial charge is 0.497 e. The van der Waals surface area contributed by atoms with Crippen LogP contribution >= 0.6 is 0 Å². The average molecular weight is 393 g/mol. The van der Waals surface area contributed by atoms with Gasteiger partial charge in [0.2, 0.25) is 0 Å². The minimum Gasteiger partial charge on any atom is -0.497 e. The maximum atomic E-state index is 11.9. The van der Waals surface area contributed by atoms with E-state index in [9.17, 15) is 14.7 Å². The average Bonchev–Trinajstić information content (AvgIpc) is 3.17. The molecule has 0 bridgehead atoms. The number of carboxylic acids is 1. The first-order chi connectivity index (χ1) is 14.0. The third-order valence-corrected chi connectivity index (χ3v) is 4.09. The van der Waals surface area contributed by atoms with Crippen LogP contribution in [-0.4, -0.2) is 30.4 Å². The van der Waals surface area contributed by atoms with Gasteiger partial charge in [0.05, 0.1) is 18.9 Å². The fourth-order valence-electron chi connectivity index (χ4n) is 2.57. The predicted octanol–water partition coefficient (Wildman–Crippen LogP) is 4.12. The zero-order chi connectivity index (χ0) is 20.8. The smallest absolute Gasteiger partial charge is 0.339 e. The highest BCUT2D eigenvalue weighted by Gasteiger charge is 2.11. The summed E-state index contributed by atoms with van der Waals surface area (Å²) in [7, 11) is 1.56. The van der Waals surface area contributed by atoms with Crippen molar-refractivity contribution < 1.29 is 23.8 Å². The van der Waals surface area contributed by atoms with Crippen LogP contribution in [0.5, 0.6) is 5.75 Å². The number of urea groups is 1. The molecule has 0 radical (unpaired) electrons. The van der Waals surface area contributed by atoms with Crippen molar-refractivity contribution in [1.82, 2.24) is 5.43 Å². The third kappa shape index (κ3) is 5.01. The zero-order valence-corrected chi connectivity index (χ0v) is 15.8. The van der Waals surface area contributed by atoms with E-state index in [0.29, 0.717) is 34.1 Å². The molecular weight excluding hydrogens is 374 g/mol. The summed E-state index contributed by atoms with van der Waals surface area (Å²) in [5.41, 5.74) is 4.45. The molecule has 0 fully saturated rings. The minimum absolute atomic E-state index is 0.214. The van der Waals surface area contributed by atoms with E-state index in [2.05, 4.69) is 15.8 Å². The van der Waals surface area contributed by atoms with E-state index in [4.69, 9.17) is 9.15 Å². The van der Waals surface area contributed by atoms with E-state index in [0.717, 1.165) is 0 Å². The number of hydrogen-bond acceptors (Lipinski definition) is 5. The summed E-state index contributed by atoms with van der Waals surface area (Å²) in [6.07, 6.45) is 1.35. The molecule has 2 amide bonds. The topological polar surface area (TPSA) is 113 Å². The maximum Gasteiger partial charge on any atom is 0.339 e. The highest BCUT2D eigenvalue weighted by molar-refractivity contribution is 5.91. The number of nitrogens with one attached hydrogen (secondary N) is 2. The number of ether oxygens (including phenoxy) is 1. The zero-order valence-electron chi connectivity index (χ0n) is 15.8. The molecule has 0 aliphatic carbocycles. The van der Waals surface area contributed by atoms with Crippen LogP contribution in [0.15, 0.2) is 64.1 Å². The Labute approximate surface area is 166 Å². The number of hydrazone groups is 1. The van der Waals surface area contributed by atoms with Gasteiger partial charge in [0.15, 0.2) is 0 Å². The summed E-state index contributed by atoms with van der Waals surface area (Å²) in [6.45, 7) is 1.73. The molecule has 1 aromatic heterocycles. The number of carbonyl (C=O) groups excluding carboxylic acids is 1. The van der Waals surface area contributed by atoms with Gasteiger partial charge in [0, 0.05) is 11.3 Å². The molecule has 3 N–H and O–H groups in total. The Morgan fingerprint density at radius 2 is 1.86 bits per heavy atom. The lowest BCUT2D eigenvalue weighted by molar-refractivity contribution is 0.0696. The lowest BCUT2D eigenvalue weighted by atomic mass is 10.0. The van der Waals surface area contributed by atoms with Crippen molar-refractivity contribution in [1.29, 1.82) is 0 Å². The van der Waals surface area contributed by atoms with Gasteiger partial charge < -0.3 is 19.6 Å². The molecule has 2 aromatic carbocycles. The fraction of sp³-hybridized carbons (Fsp3) is 0.0952. The summed E-state index contributed by atoms with van der Waals surface area (Å²) in [5.74, 6) is 0.593. The summed E-state index contributed by atoms with van der Waals surface area (Å²) < 4.78 is 10.7. The van der Waals surface area contributed by atoms with E-state index in [1.54, 1.807) is 68.6 Å². The Balaban J connectivity index is 1.61. The van der Waals surface area contributed by atoms with Crippen molar-refractivity contribution in [2.24, 2.45) is 5.10 Å². The molecule has 1 heterocycles. The van der Waals surface area contributed by atoms with Crippen molar-refractivity contribution in [3.05, 3.63) is 71.5 Å². The number of aromatic carboxylic acids is 1. The normalized spacial score (nSPS) is 10.7. The van der Waals surface area contributed by atoms with E-state index in [-0.39, 0.29) is 5.56 Å². The number of aryl methyl sites for hydroxylation is 1. The van der Waals surface area contributed by atoms with Crippen LogP contribution in [-0.2, 0) is 0 Å². The van der Waals surface area contributed by atoms with Crippen LogP contribution in [0.4, 0.5) is 10.5 Å². The van der Waals surface area contributed by atoms with Gasteiger partial charge in [0.1, 0.15) is 17.3 Å². The molecule has 148 valence electrons. The van der Waals surface area contributed by atoms with Gasteiger partial charge in [-0.3, -0.25) is 0 Å². The molecule has 0 saturated heterocycles. The van der Waals surface area contributed by atoms with Gasteiger partial charge >= 0.3 is 12.0 Å². The number of nitrogens with zero attached hydrogens (tertiary/aromatic N) is 1. The van der Waals surface area contributed by atoms with Crippen LogP contribution < -0.4 is 15.5 Å². The van der Waals surface area contributed by atoms with Crippen molar-refractivity contribution in [2.75, 3.05) is 12.4 Å². The lowest BCUT2D eigenvalue weighted by Gasteiger charge is -2.05. The summed E-state index contributed by atoms with van der Waals surface area (Å²) in [4.78, 5) is 23.1. The van der Waals surface area contributed by atoms with E-state index >= 15 is 0 Å². The number of methoxy groups -OCH3 is 1. The number of hydrogen-bond donors (Lipinski definition) is 3. The Kier molecular flexibility index (Phi) is 5.94. The second-order valence-electron chi connectivity index (χ2n) is 6.09. The standard InChI is InChI=1S/C21H19N3O5/c1-13-3-4-14(11-18(13)20(25)26)19-10-9-17(29-19)12-22-24-21(27)23-15-5-7-16(28-2)8-6-15/h3-12H,1-2H3,(H,25,26)(H2,23,24,27)/b22-12+. The molecule has 3 rings (SSSR count). The number of carboxylic acid groups (broad SMARTS) is 1. The quantitative estimate of drug-likeness (QED) is 0.431. The van der Waals surface area contributed by atoms with Crippen molar-refractivity contribution in [3.8, 4) is 17.1 Å². The SMILES string of the molecule is COc1ccc(NC(=O)N/N=C/c2ccc(-c3ccc(C)c(C(=O)O)c3)o2)cc1. The lowest BCUT2D eigenvalue weighted by Crippen LogP contribution is -2.24. The van der Waals surface area contributed by atoms with Gasteiger partial charge in [-0.2, -0.15) is 5.10 Å². The number of amides is 2. The Hall–Kier alpha value is -4.07. The van der Waals surface area contributed by atoms with Crippen molar-refractivity contribution in [2.45, 2.75) is 6.92 Å². The van der Waals surface area contributed by atoms with Crippen LogP contribution in [0.2, 0.25) is 0 Å². The van der Waals surface area contributed by atoms with E-state index in [1.165, 1.54) is 6.21 Å². The van der Waals surface area contributed by atoms with Gasteiger partial charge in [-0.1, -0.05) is 12.1 Å². The molecule has 0 saturated carbocycles. The van der Waals surface area contributed by atoms with E-state index < -0.39 is 12.0 Å². The fourth-order valence-corrected chi connectivity index (χ4v) is 2.57. The van der Waals surface area contributed by atoms with Crippen LogP contribution in [0.25, 0.3) is 11.3 Å². The van der Waals surface area contributed by atoms with Crippen LogP contribution in [0.1, 0.15) is 21.7 Å². The summed E-state index contributed by atoms with van der Waals surface area (Å²) in [5, 5.41) is 15.7. The van der Waals surface area contributed by atoms with Crippen LogP contribution in [0, 0.1) is 6.92 Å². The molecule has 0 spiro atoms. The van der Waals surface area contributed by atoms with Gasteiger partial charge in [0.25, 0.3) is 0 Å². The molecule has 8 nitrogen and oxygen atoms in total. The summed E-state index contributed by atoms with van der Waals surface area (Å²) in [6, 6.07) is 14.8. The van der Waals surface area contributed by atoms with Crippen molar-refractivity contribution >= 4 is 23.9 Å². The third-order valence-electron chi connectivity index (χ3n) is 4.09. The molecule has 29 heavy (non-hydrogen) atoms. The maximum absolute atomic E-state index is 11.9. The highest BCUT2D eigenvalue weighted by atomic mass is 16.5. The number of anilines is 1. The first-order valence-corrected chi connectivity index (χ1v) is 8.64. The van der Waals surface area contributed by atoms with Gasteiger partial charge in [-0.05, 0) is 55.0 Å². The predicted molar refractivity (Wildman–Crippen MR) is 109 cm³/mol. The molecule has 0 aliphatic rings. The van der Waals surface area contributed by atoms with Crippen LogP contribution in [0.3, 0.4) is 0 Å². The molecule has 8 heteroatoms.